The zero-order chi connectivity index (χ0) is 13.7. The molecule has 4 N–H and O–H groups in total. The smallest absolute Gasteiger partial charge is 0.255 e. The lowest BCUT2D eigenvalue weighted by molar-refractivity contribution is 0.100. The van der Waals surface area contributed by atoms with Crippen LogP contribution in [0.5, 0.6) is 0 Å². The molecule has 1 heterocycles. The van der Waals surface area contributed by atoms with Gasteiger partial charge in [-0.2, -0.15) is 4.37 Å². The van der Waals surface area contributed by atoms with Crippen LogP contribution in [0.2, 0.25) is 0 Å². The van der Waals surface area contributed by atoms with E-state index in [1.54, 1.807) is 0 Å². The number of nitrogens with two attached hydrogens (primary N) is 2. The van der Waals surface area contributed by atoms with Gasteiger partial charge in [0.2, 0.25) is 0 Å². The first-order chi connectivity index (χ1) is 8.47. The van der Waals surface area contributed by atoms with E-state index in [2.05, 4.69) is 21.1 Å². The van der Waals surface area contributed by atoms with Gasteiger partial charge in [-0.3, -0.25) is 4.79 Å². The molecule has 0 fully saturated rings. The minimum atomic E-state index is -0.512. The topological polar surface area (TPSA) is 88.5 Å². The summed E-state index contributed by atoms with van der Waals surface area (Å²) in [6, 6.07) is 0. The van der Waals surface area contributed by atoms with Gasteiger partial charge < -0.3 is 21.3 Å². The number of aromatic nitrogens is 1. The second-order valence-corrected chi connectivity index (χ2v) is 5.15. The van der Waals surface area contributed by atoms with Crippen LogP contribution < -0.4 is 16.4 Å². The van der Waals surface area contributed by atoms with E-state index in [0.29, 0.717) is 5.56 Å². The molecule has 1 rings (SSSR count). The Morgan fingerprint density at radius 1 is 1.33 bits per heavy atom. The monoisotopic (exact) mass is 271 g/mol. The fraction of sp³-hybridized carbons (Fsp3) is 0.636. The van der Waals surface area contributed by atoms with E-state index in [4.69, 9.17) is 11.5 Å². The zero-order valence-corrected chi connectivity index (χ0v) is 12.0. The third-order valence-corrected chi connectivity index (χ3v) is 3.47. The highest BCUT2D eigenvalue weighted by molar-refractivity contribution is 7.11. The lowest BCUT2D eigenvalue weighted by Crippen LogP contribution is -2.33. The van der Waals surface area contributed by atoms with Crippen LogP contribution in [0.4, 0.5) is 10.8 Å². The maximum Gasteiger partial charge on any atom is 0.255 e. The lowest BCUT2D eigenvalue weighted by atomic mass is 10.2. The quantitative estimate of drug-likeness (QED) is 0.758. The molecule has 0 aliphatic carbocycles. The van der Waals surface area contributed by atoms with Crippen LogP contribution in [0.15, 0.2) is 0 Å². The Hall–Kier alpha value is -1.34. The molecule has 1 amide bonds. The number of carbonyl (C=O) groups excluding carboxylic acids is 1. The van der Waals surface area contributed by atoms with Crippen molar-refractivity contribution in [1.29, 1.82) is 0 Å². The molecule has 1 aromatic heterocycles. The summed E-state index contributed by atoms with van der Waals surface area (Å²) in [4.78, 5) is 15.6. The molecule has 7 heteroatoms. The van der Waals surface area contributed by atoms with Crippen LogP contribution in [0.1, 0.15) is 23.7 Å². The van der Waals surface area contributed by atoms with Gasteiger partial charge in [0.15, 0.2) is 5.82 Å². The van der Waals surface area contributed by atoms with E-state index >= 15 is 0 Å². The number of nitrogen functional groups attached to an aromatic ring is 1. The van der Waals surface area contributed by atoms with Gasteiger partial charge in [-0.1, -0.05) is 6.92 Å². The van der Waals surface area contributed by atoms with Crippen molar-refractivity contribution in [1.82, 2.24) is 9.27 Å². The fourth-order valence-corrected chi connectivity index (χ4v) is 2.52. The van der Waals surface area contributed by atoms with Crippen LogP contribution >= 0.6 is 11.5 Å². The molecule has 18 heavy (non-hydrogen) atoms. The Labute approximate surface area is 112 Å². The predicted octanol–water partition coefficient (Wildman–Crippen LogP) is 0.602. The molecule has 1 aromatic rings. The van der Waals surface area contributed by atoms with E-state index in [1.807, 2.05) is 14.1 Å². The average molecular weight is 271 g/mol. The Balaban J connectivity index is 2.94. The van der Waals surface area contributed by atoms with Crippen LogP contribution in [0.3, 0.4) is 0 Å². The number of likely N-dealkylation sites (N-methyl/N-ethyl adjacent to an activating group) is 1. The highest BCUT2D eigenvalue weighted by Gasteiger charge is 2.21. The Morgan fingerprint density at radius 3 is 2.50 bits per heavy atom. The molecule has 0 atom stereocenters. The van der Waals surface area contributed by atoms with Crippen molar-refractivity contribution in [2.24, 2.45) is 5.73 Å². The normalized spacial score (nSPS) is 10.9. The van der Waals surface area contributed by atoms with E-state index in [9.17, 15) is 4.79 Å². The van der Waals surface area contributed by atoms with Gasteiger partial charge in [-0.15, -0.1) is 0 Å². The number of anilines is 2. The first-order valence-electron chi connectivity index (χ1n) is 5.92. The second-order valence-electron chi connectivity index (χ2n) is 4.40. The largest absolute Gasteiger partial charge is 0.382 e. The second kappa shape index (κ2) is 6.55. The van der Waals surface area contributed by atoms with Crippen molar-refractivity contribution in [2.75, 3.05) is 44.4 Å². The number of hydrogen-bond donors (Lipinski definition) is 2. The Bertz CT molecular complexity index is 404. The third-order valence-electron chi connectivity index (χ3n) is 2.54. The van der Waals surface area contributed by atoms with Crippen molar-refractivity contribution in [3.63, 3.8) is 0 Å². The van der Waals surface area contributed by atoms with Crippen LogP contribution in [-0.4, -0.2) is 48.9 Å². The minimum absolute atomic E-state index is 0.230. The molecular weight excluding hydrogens is 250 g/mol. The molecule has 0 saturated carbocycles. The number of primary amides is 1. The average Bonchev–Trinajstić information content (AvgIpc) is 2.66. The third kappa shape index (κ3) is 3.58. The molecule has 0 aliphatic rings. The maximum atomic E-state index is 11.4. The number of nitrogens with zero attached hydrogens (tertiary/aromatic N) is 3. The van der Waals surface area contributed by atoms with E-state index in [1.165, 1.54) is 11.5 Å². The number of rotatable bonds is 7. The summed E-state index contributed by atoms with van der Waals surface area (Å²) in [6.07, 6.45) is 0.990. The number of hydrogen-bond acceptors (Lipinski definition) is 6. The summed E-state index contributed by atoms with van der Waals surface area (Å²) in [6.45, 7) is 4.67. The summed E-state index contributed by atoms with van der Waals surface area (Å²) >= 11 is 1.24. The van der Waals surface area contributed by atoms with Gasteiger partial charge in [0.05, 0.1) is 0 Å². The van der Waals surface area contributed by atoms with Crippen molar-refractivity contribution in [2.45, 2.75) is 13.3 Å². The van der Waals surface area contributed by atoms with Gasteiger partial charge >= 0.3 is 0 Å². The molecular formula is C11H21N5OS. The molecule has 0 spiro atoms. The minimum Gasteiger partial charge on any atom is -0.382 e. The highest BCUT2D eigenvalue weighted by Crippen LogP contribution is 2.30. The van der Waals surface area contributed by atoms with Crippen molar-refractivity contribution in [3.8, 4) is 0 Å². The maximum absolute atomic E-state index is 11.4. The van der Waals surface area contributed by atoms with Gasteiger partial charge in [-0.05, 0) is 32.0 Å². The van der Waals surface area contributed by atoms with Crippen LogP contribution in [-0.2, 0) is 0 Å². The SMILES string of the molecule is CCCN(CCN(C)C)c1snc(N)c1C(N)=O. The lowest BCUT2D eigenvalue weighted by Gasteiger charge is -2.24. The number of amides is 1. The van der Waals surface area contributed by atoms with Gasteiger partial charge in [0, 0.05) is 19.6 Å². The van der Waals surface area contributed by atoms with Crippen molar-refractivity contribution >= 4 is 28.3 Å². The number of carbonyl (C=O) groups is 1. The molecule has 0 radical (unpaired) electrons. The van der Waals surface area contributed by atoms with Gasteiger partial charge in [-0.25, -0.2) is 0 Å². The molecule has 0 aliphatic heterocycles. The molecule has 102 valence electrons. The standard InChI is InChI=1S/C11H21N5OS/c1-4-5-16(7-6-15(2)3)11-8(10(13)17)9(12)14-18-11/h4-7H2,1-3H3,(H2,12,14)(H2,13,17). The highest BCUT2D eigenvalue weighted by atomic mass is 32.1. The Morgan fingerprint density at radius 2 is 2.00 bits per heavy atom. The van der Waals surface area contributed by atoms with Crippen molar-refractivity contribution in [3.05, 3.63) is 5.56 Å². The van der Waals surface area contributed by atoms with E-state index in [0.717, 1.165) is 31.1 Å². The zero-order valence-electron chi connectivity index (χ0n) is 11.1. The fourth-order valence-electron chi connectivity index (χ4n) is 1.65. The summed E-state index contributed by atoms with van der Waals surface area (Å²) in [5.41, 5.74) is 11.4. The molecule has 0 unspecified atom stereocenters. The van der Waals surface area contributed by atoms with Gasteiger partial charge in [0.25, 0.3) is 5.91 Å². The van der Waals surface area contributed by atoms with Crippen molar-refractivity contribution < 1.29 is 4.79 Å². The Kier molecular flexibility index (Phi) is 5.36. The first kappa shape index (κ1) is 14.7. The first-order valence-corrected chi connectivity index (χ1v) is 6.69. The van der Waals surface area contributed by atoms with Gasteiger partial charge in [0.1, 0.15) is 10.6 Å². The molecule has 0 bridgehead atoms. The van der Waals surface area contributed by atoms with E-state index in [-0.39, 0.29) is 5.82 Å². The molecule has 0 aromatic carbocycles. The van der Waals surface area contributed by atoms with Crippen LogP contribution in [0.25, 0.3) is 0 Å². The summed E-state index contributed by atoms with van der Waals surface area (Å²) in [5.74, 6) is -0.282. The molecule has 0 saturated heterocycles. The van der Waals surface area contributed by atoms with E-state index < -0.39 is 5.91 Å². The molecule has 6 nitrogen and oxygen atoms in total. The predicted molar refractivity (Wildman–Crippen MR) is 76.1 cm³/mol. The summed E-state index contributed by atoms with van der Waals surface area (Å²) < 4.78 is 4.03. The summed E-state index contributed by atoms with van der Waals surface area (Å²) in [5, 5.41) is 0.781. The van der Waals surface area contributed by atoms with Crippen LogP contribution in [0, 0.1) is 0 Å². The summed E-state index contributed by atoms with van der Waals surface area (Å²) in [7, 11) is 4.03.